The van der Waals surface area contributed by atoms with Gasteiger partial charge in [-0.2, -0.15) is 0 Å². The van der Waals surface area contributed by atoms with Gasteiger partial charge in [-0.05, 0) is 60.2 Å². The highest BCUT2D eigenvalue weighted by Crippen LogP contribution is 2.27. The fourth-order valence-corrected chi connectivity index (χ4v) is 5.68. The Hall–Kier alpha value is -3.07. The van der Waals surface area contributed by atoms with Crippen molar-refractivity contribution >= 4 is 50.7 Å². The number of carbonyl (C=O) groups is 2. The molecule has 3 rings (SSSR count). The van der Waals surface area contributed by atoms with E-state index in [4.69, 9.17) is 23.2 Å². The molecule has 0 saturated heterocycles. The fourth-order valence-electron chi connectivity index (χ4n) is 4.51. The van der Waals surface area contributed by atoms with Gasteiger partial charge in [0, 0.05) is 19.0 Å². The van der Waals surface area contributed by atoms with E-state index in [1.807, 2.05) is 56.3 Å². The molecule has 226 valence electrons. The maximum Gasteiger partial charge on any atom is 0.244 e. The number of hydrogen-bond acceptors (Lipinski definition) is 4. The number of hydrogen-bond donors (Lipinski definition) is 1. The molecule has 0 saturated carbocycles. The summed E-state index contributed by atoms with van der Waals surface area (Å²) in [7, 11) is -3.86. The summed E-state index contributed by atoms with van der Waals surface area (Å²) in [6, 6.07) is 20.4. The van der Waals surface area contributed by atoms with E-state index in [9.17, 15) is 18.0 Å². The molecule has 1 N–H and O–H groups in total. The number of amides is 2. The number of sulfonamides is 1. The van der Waals surface area contributed by atoms with E-state index in [0.717, 1.165) is 21.7 Å². The van der Waals surface area contributed by atoms with Crippen molar-refractivity contribution in [3.63, 3.8) is 0 Å². The molecule has 3 aromatic carbocycles. The van der Waals surface area contributed by atoms with Crippen molar-refractivity contribution in [2.45, 2.75) is 65.1 Å². The smallest absolute Gasteiger partial charge is 0.244 e. The molecule has 1 atom stereocenters. The number of carbonyl (C=O) groups excluding carboxylic acids is 2. The Bertz CT molecular complexity index is 1490. The van der Waals surface area contributed by atoms with Crippen LogP contribution < -0.4 is 9.62 Å². The molecule has 0 aliphatic heterocycles. The van der Waals surface area contributed by atoms with Crippen LogP contribution in [-0.2, 0) is 38.0 Å². The average molecular weight is 633 g/mol. The minimum atomic E-state index is -3.86. The average Bonchev–Trinajstić information content (AvgIpc) is 2.90. The number of benzene rings is 3. The first-order chi connectivity index (χ1) is 19.6. The van der Waals surface area contributed by atoms with Crippen molar-refractivity contribution in [2.24, 2.45) is 0 Å². The molecule has 0 aliphatic carbocycles. The normalized spacial score (nSPS) is 12.6. The zero-order chi connectivity index (χ0) is 31.2. The molecule has 7 nitrogen and oxygen atoms in total. The molecule has 42 heavy (non-hydrogen) atoms. The minimum absolute atomic E-state index is 0.0132. The SMILES string of the molecule is CC(C)NC(=O)[C@H](Cc1ccccc1)N(Cc1ccc(Cl)c(Cl)c1)C(=O)CN(c1ccc(C(C)(C)C)cc1)S(C)(=O)=O. The van der Waals surface area contributed by atoms with E-state index in [-0.39, 0.29) is 30.3 Å². The van der Waals surface area contributed by atoms with Crippen LogP contribution in [-0.4, -0.2) is 50.0 Å². The van der Waals surface area contributed by atoms with Crippen molar-refractivity contribution in [2.75, 3.05) is 17.1 Å². The monoisotopic (exact) mass is 631 g/mol. The highest BCUT2D eigenvalue weighted by molar-refractivity contribution is 7.92. The van der Waals surface area contributed by atoms with E-state index in [1.165, 1.54) is 4.90 Å². The first-order valence-corrected chi connectivity index (χ1v) is 16.3. The van der Waals surface area contributed by atoms with Gasteiger partial charge in [0.25, 0.3) is 0 Å². The Labute approximate surface area is 259 Å². The lowest BCUT2D eigenvalue weighted by atomic mass is 9.87. The highest BCUT2D eigenvalue weighted by atomic mass is 35.5. The molecule has 2 amide bonds. The van der Waals surface area contributed by atoms with Crippen LogP contribution >= 0.6 is 23.2 Å². The minimum Gasteiger partial charge on any atom is -0.352 e. The zero-order valence-electron chi connectivity index (χ0n) is 24.9. The molecule has 3 aromatic rings. The largest absolute Gasteiger partial charge is 0.352 e. The Morgan fingerprint density at radius 1 is 0.881 bits per heavy atom. The van der Waals surface area contributed by atoms with Gasteiger partial charge in [-0.15, -0.1) is 0 Å². The summed E-state index contributed by atoms with van der Waals surface area (Å²) in [5, 5.41) is 3.60. The number of nitrogens with one attached hydrogen (secondary N) is 1. The second kappa shape index (κ2) is 13.9. The first-order valence-electron chi connectivity index (χ1n) is 13.7. The van der Waals surface area contributed by atoms with Crippen LogP contribution in [0.5, 0.6) is 0 Å². The van der Waals surface area contributed by atoms with Crippen LogP contribution in [0.25, 0.3) is 0 Å². The van der Waals surface area contributed by atoms with Crippen molar-refractivity contribution in [1.29, 1.82) is 0 Å². The summed E-state index contributed by atoms with van der Waals surface area (Å²) in [5.41, 5.74) is 2.76. The predicted molar refractivity (Wildman–Crippen MR) is 172 cm³/mol. The third kappa shape index (κ3) is 9.21. The molecule has 0 radical (unpaired) electrons. The maximum absolute atomic E-state index is 14.2. The topological polar surface area (TPSA) is 86.8 Å². The van der Waals surface area contributed by atoms with Crippen LogP contribution in [0, 0.1) is 0 Å². The van der Waals surface area contributed by atoms with Crippen LogP contribution in [0.3, 0.4) is 0 Å². The molecule has 0 heterocycles. The zero-order valence-corrected chi connectivity index (χ0v) is 27.2. The molecule has 0 bridgehead atoms. The van der Waals surface area contributed by atoms with E-state index in [0.29, 0.717) is 21.3 Å². The quantitative estimate of drug-likeness (QED) is 0.272. The molecule has 0 unspecified atom stereocenters. The molecule has 0 fully saturated rings. The first kappa shape index (κ1) is 33.4. The van der Waals surface area contributed by atoms with E-state index >= 15 is 0 Å². The lowest BCUT2D eigenvalue weighted by Gasteiger charge is -2.34. The molecule has 0 aromatic heterocycles. The lowest BCUT2D eigenvalue weighted by molar-refractivity contribution is -0.140. The standard InChI is InChI=1S/C32H39Cl2N3O4S/c1-22(2)35-31(39)29(19-23-10-8-7-9-11-23)36(20-24-12-17-27(33)28(34)18-24)30(38)21-37(42(6,40)41)26-15-13-25(14-16-26)32(3,4)5/h7-18,22,29H,19-21H2,1-6H3,(H,35,39)/t29-/m0/s1. The van der Waals surface area contributed by atoms with Gasteiger partial charge in [0.05, 0.1) is 22.0 Å². The Morgan fingerprint density at radius 2 is 1.50 bits per heavy atom. The van der Waals surface area contributed by atoms with Crippen LogP contribution in [0.2, 0.25) is 10.0 Å². The lowest BCUT2D eigenvalue weighted by Crippen LogP contribution is -2.54. The van der Waals surface area contributed by atoms with Gasteiger partial charge in [-0.3, -0.25) is 13.9 Å². The summed E-state index contributed by atoms with van der Waals surface area (Å²) >= 11 is 12.4. The van der Waals surface area contributed by atoms with E-state index < -0.39 is 28.5 Å². The van der Waals surface area contributed by atoms with E-state index in [2.05, 4.69) is 26.1 Å². The maximum atomic E-state index is 14.2. The summed E-state index contributed by atoms with van der Waals surface area (Å²) in [6.45, 7) is 9.40. The van der Waals surface area contributed by atoms with Gasteiger partial charge in [0.1, 0.15) is 12.6 Å². The fraction of sp³-hybridized carbons (Fsp3) is 0.375. The predicted octanol–water partition coefficient (Wildman–Crippen LogP) is 6.22. The van der Waals surface area contributed by atoms with Gasteiger partial charge in [0.2, 0.25) is 21.8 Å². The number of halogens is 2. The Kier molecular flexibility index (Phi) is 11.1. The third-order valence-corrected chi connectivity index (χ3v) is 8.62. The van der Waals surface area contributed by atoms with Gasteiger partial charge in [-0.25, -0.2) is 8.42 Å². The highest BCUT2D eigenvalue weighted by Gasteiger charge is 2.33. The van der Waals surface area contributed by atoms with Crippen LogP contribution in [0.1, 0.15) is 51.3 Å². The summed E-state index contributed by atoms with van der Waals surface area (Å²) < 4.78 is 27.1. The van der Waals surface area contributed by atoms with Crippen LogP contribution in [0.4, 0.5) is 5.69 Å². The van der Waals surface area contributed by atoms with Crippen molar-refractivity contribution in [3.8, 4) is 0 Å². The summed E-state index contributed by atoms with van der Waals surface area (Å²) in [6.07, 6.45) is 1.29. The molecule has 0 aliphatic rings. The van der Waals surface area contributed by atoms with E-state index in [1.54, 1.807) is 30.3 Å². The number of anilines is 1. The molecular weight excluding hydrogens is 593 g/mol. The second-order valence-electron chi connectivity index (χ2n) is 11.7. The van der Waals surface area contributed by atoms with Crippen LogP contribution in [0.15, 0.2) is 72.8 Å². The van der Waals surface area contributed by atoms with Crippen molar-refractivity contribution < 1.29 is 18.0 Å². The Morgan fingerprint density at radius 3 is 2.02 bits per heavy atom. The van der Waals surface area contributed by atoms with Gasteiger partial charge < -0.3 is 10.2 Å². The molecule has 0 spiro atoms. The molecule has 10 heteroatoms. The third-order valence-electron chi connectivity index (χ3n) is 6.74. The number of nitrogens with zero attached hydrogens (tertiary/aromatic N) is 2. The van der Waals surface area contributed by atoms with Gasteiger partial charge >= 0.3 is 0 Å². The molecular formula is C32H39Cl2N3O4S. The van der Waals surface area contributed by atoms with Gasteiger partial charge in [-0.1, -0.05) is 92.5 Å². The van der Waals surface area contributed by atoms with Crippen molar-refractivity contribution in [1.82, 2.24) is 10.2 Å². The summed E-state index contributed by atoms with van der Waals surface area (Å²) in [5.74, 6) is -0.881. The second-order valence-corrected chi connectivity index (χ2v) is 14.4. The number of rotatable bonds is 11. The Balaban J connectivity index is 2.07. The van der Waals surface area contributed by atoms with Crippen molar-refractivity contribution in [3.05, 3.63) is 99.5 Å². The summed E-state index contributed by atoms with van der Waals surface area (Å²) in [4.78, 5) is 29.2. The van der Waals surface area contributed by atoms with Gasteiger partial charge in [0.15, 0.2) is 0 Å².